The van der Waals surface area contributed by atoms with Gasteiger partial charge in [0.05, 0.1) is 0 Å². The molecule has 0 unspecified atom stereocenters. The molecule has 0 aliphatic rings. The van der Waals surface area contributed by atoms with Gasteiger partial charge in [-0.15, -0.1) is 0 Å². The van der Waals surface area contributed by atoms with E-state index in [1.807, 2.05) is 6.92 Å². The van der Waals surface area contributed by atoms with Crippen LogP contribution in [0, 0.1) is 0 Å². The first-order chi connectivity index (χ1) is 8.29. The number of hydrogen-bond acceptors (Lipinski definition) is 5. The van der Waals surface area contributed by atoms with Gasteiger partial charge in [-0.25, -0.2) is 0 Å². The van der Waals surface area contributed by atoms with E-state index in [1.165, 1.54) is 7.05 Å². The van der Waals surface area contributed by atoms with Crippen molar-refractivity contribution in [2.24, 2.45) is 0 Å². The fourth-order valence-electron chi connectivity index (χ4n) is 1.43. The lowest BCUT2D eigenvalue weighted by molar-refractivity contribution is -0.134. The van der Waals surface area contributed by atoms with Crippen LogP contribution in [0.4, 0.5) is 0 Å². The summed E-state index contributed by atoms with van der Waals surface area (Å²) in [6.45, 7) is 5.94. The molecule has 0 rings (SSSR count). The number of carbonyl (C=O) groups excluding carboxylic acids is 2. The summed E-state index contributed by atoms with van der Waals surface area (Å²) in [5.41, 5.74) is -1.84. The Hall–Kier alpha value is -0.400. The first kappa shape index (κ1) is 17.6. The highest BCUT2D eigenvalue weighted by atomic mass is 32.1. The Morgan fingerprint density at radius 3 is 1.89 bits per heavy atom. The van der Waals surface area contributed by atoms with E-state index in [0.29, 0.717) is 12.3 Å². The van der Waals surface area contributed by atoms with Crippen molar-refractivity contribution in [2.75, 3.05) is 25.1 Å². The molecule has 0 saturated carbocycles. The maximum Gasteiger partial charge on any atom is 0.246 e. The standard InChI is InChI=1S/C11H23N3O2S2/c1-5-13-10(2,6-17)9(16)14-11(3,7-18)8(15)12-4/h13,17-18H,5-7H2,1-4H3,(H,12,15)(H,14,16)/t10-,11+/m1/s1. The van der Waals surface area contributed by atoms with Crippen LogP contribution >= 0.6 is 25.3 Å². The maximum absolute atomic E-state index is 12.2. The van der Waals surface area contributed by atoms with Crippen molar-refractivity contribution in [1.29, 1.82) is 0 Å². The number of rotatable bonds is 7. The van der Waals surface area contributed by atoms with E-state index in [-0.39, 0.29) is 17.6 Å². The summed E-state index contributed by atoms with van der Waals surface area (Å²) in [7, 11) is 1.53. The highest BCUT2D eigenvalue weighted by molar-refractivity contribution is 7.80. The van der Waals surface area contributed by atoms with Crippen LogP contribution in [0.1, 0.15) is 20.8 Å². The van der Waals surface area contributed by atoms with Gasteiger partial charge in [-0.05, 0) is 20.4 Å². The number of amides is 2. The summed E-state index contributed by atoms with van der Waals surface area (Å²) in [6, 6.07) is 0. The molecule has 0 aliphatic carbocycles. The first-order valence-electron chi connectivity index (χ1n) is 5.81. The van der Waals surface area contributed by atoms with Gasteiger partial charge in [-0.2, -0.15) is 25.3 Å². The SMILES string of the molecule is CCN[C@](C)(CS)C(=O)N[C@@](C)(CS)C(=O)NC. The van der Waals surface area contributed by atoms with Crippen LogP contribution in [0.15, 0.2) is 0 Å². The van der Waals surface area contributed by atoms with E-state index < -0.39 is 11.1 Å². The van der Waals surface area contributed by atoms with Gasteiger partial charge in [0.15, 0.2) is 0 Å². The summed E-state index contributed by atoms with van der Waals surface area (Å²) < 4.78 is 0. The third-order valence-electron chi connectivity index (χ3n) is 2.82. The number of carbonyl (C=O) groups is 2. The van der Waals surface area contributed by atoms with Gasteiger partial charge in [0.25, 0.3) is 0 Å². The molecule has 106 valence electrons. The Bertz CT molecular complexity index is 315. The Kier molecular flexibility index (Phi) is 7.09. The van der Waals surface area contributed by atoms with Crippen LogP contribution in [0.5, 0.6) is 0 Å². The van der Waals surface area contributed by atoms with Gasteiger partial charge in [0.2, 0.25) is 11.8 Å². The van der Waals surface area contributed by atoms with Crippen LogP contribution in [0.3, 0.4) is 0 Å². The minimum Gasteiger partial charge on any atom is -0.357 e. The van der Waals surface area contributed by atoms with E-state index in [1.54, 1.807) is 13.8 Å². The molecule has 0 aromatic heterocycles. The first-order valence-corrected chi connectivity index (χ1v) is 7.07. The molecule has 0 aromatic rings. The molecular formula is C11H23N3O2S2. The van der Waals surface area contributed by atoms with Gasteiger partial charge in [0.1, 0.15) is 11.1 Å². The van der Waals surface area contributed by atoms with Gasteiger partial charge in [-0.1, -0.05) is 6.92 Å². The van der Waals surface area contributed by atoms with Gasteiger partial charge < -0.3 is 16.0 Å². The van der Waals surface area contributed by atoms with E-state index in [9.17, 15) is 9.59 Å². The molecule has 0 heterocycles. The second-order valence-electron chi connectivity index (χ2n) is 4.54. The van der Waals surface area contributed by atoms with Crippen molar-refractivity contribution in [3.63, 3.8) is 0 Å². The molecule has 7 heteroatoms. The van der Waals surface area contributed by atoms with E-state index in [2.05, 4.69) is 41.2 Å². The topological polar surface area (TPSA) is 70.2 Å². The molecule has 5 nitrogen and oxygen atoms in total. The Balaban J connectivity index is 4.95. The number of likely N-dealkylation sites (N-methyl/N-ethyl adjacent to an activating group) is 2. The van der Waals surface area contributed by atoms with Crippen LogP contribution in [-0.2, 0) is 9.59 Å². The molecule has 0 aliphatic heterocycles. The van der Waals surface area contributed by atoms with Gasteiger partial charge in [-0.3, -0.25) is 9.59 Å². The highest BCUT2D eigenvalue weighted by Crippen LogP contribution is 2.12. The third-order valence-corrected chi connectivity index (χ3v) is 4.08. The molecule has 3 N–H and O–H groups in total. The van der Waals surface area contributed by atoms with E-state index in [4.69, 9.17) is 0 Å². The molecule has 0 spiro atoms. The molecule has 2 atom stereocenters. The number of nitrogens with one attached hydrogen (secondary N) is 3. The minimum atomic E-state index is -1.03. The lowest BCUT2D eigenvalue weighted by Crippen LogP contribution is -2.65. The maximum atomic E-state index is 12.2. The zero-order valence-electron chi connectivity index (χ0n) is 11.3. The predicted octanol–water partition coefficient (Wildman–Crippen LogP) is -0.165. The molecule has 0 fully saturated rings. The molecule has 0 radical (unpaired) electrons. The van der Waals surface area contributed by atoms with Crippen LogP contribution in [0.25, 0.3) is 0 Å². The summed E-state index contributed by atoms with van der Waals surface area (Å²) in [5, 5.41) is 8.32. The average molecular weight is 293 g/mol. The normalized spacial score (nSPS) is 17.4. The lowest BCUT2D eigenvalue weighted by Gasteiger charge is -2.34. The summed E-state index contributed by atoms with van der Waals surface area (Å²) in [4.78, 5) is 24.0. The third kappa shape index (κ3) is 4.07. The minimum absolute atomic E-state index is 0.215. The van der Waals surface area contributed by atoms with Crippen molar-refractivity contribution in [3.05, 3.63) is 0 Å². The largest absolute Gasteiger partial charge is 0.357 e. The predicted molar refractivity (Wildman–Crippen MR) is 80.4 cm³/mol. The average Bonchev–Trinajstić information content (AvgIpc) is 2.37. The Morgan fingerprint density at radius 1 is 1.06 bits per heavy atom. The van der Waals surface area contributed by atoms with Crippen LogP contribution in [0.2, 0.25) is 0 Å². The number of thiol groups is 2. The highest BCUT2D eigenvalue weighted by Gasteiger charge is 2.39. The quantitative estimate of drug-likeness (QED) is 0.424. The molecule has 0 bridgehead atoms. The van der Waals surface area contributed by atoms with Crippen molar-refractivity contribution in [2.45, 2.75) is 31.8 Å². The molecule has 2 amide bonds. The summed E-state index contributed by atoms with van der Waals surface area (Å²) in [5.74, 6) is 0.0133. The lowest BCUT2D eigenvalue weighted by atomic mass is 9.98. The van der Waals surface area contributed by atoms with E-state index in [0.717, 1.165) is 0 Å². The number of hydrogen-bond donors (Lipinski definition) is 5. The van der Waals surface area contributed by atoms with Crippen molar-refractivity contribution < 1.29 is 9.59 Å². The van der Waals surface area contributed by atoms with Crippen LogP contribution < -0.4 is 16.0 Å². The summed E-state index contributed by atoms with van der Waals surface area (Å²) >= 11 is 8.32. The zero-order chi connectivity index (χ0) is 14.4. The molecular weight excluding hydrogens is 270 g/mol. The zero-order valence-corrected chi connectivity index (χ0v) is 13.1. The van der Waals surface area contributed by atoms with Crippen molar-refractivity contribution in [3.8, 4) is 0 Å². The second kappa shape index (κ2) is 7.25. The summed E-state index contributed by atoms with van der Waals surface area (Å²) in [6.07, 6.45) is 0. The fourth-order valence-corrected chi connectivity index (χ4v) is 1.91. The Morgan fingerprint density at radius 2 is 1.56 bits per heavy atom. The Labute approximate surface area is 120 Å². The molecule has 18 heavy (non-hydrogen) atoms. The van der Waals surface area contributed by atoms with Gasteiger partial charge >= 0.3 is 0 Å². The van der Waals surface area contributed by atoms with Crippen molar-refractivity contribution >= 4 is 37.1 Å². The fraction of sp³-hybridized carbons (Fsp3) is 0.818. The monoisotopic (exact) mass is 293 g/mol. The van der Waals surface area contributed by atoms with Crippen LogP contribution in [-0.4, -0.2) is 48.0 Å². The van der Waals surface area contributed by atoms with Crippen molar-refractivity contribution in [1.82, 2.24) is 16.0 Å². The molecule has 0 aromatic carbocycles. The van der Waals surface area contributed by atoms with Gasteiger partial charge in [0, 0.05) is 18.6 Å². The second-order valence-corrected chi connectivity index (χ2v) is 5.18. The van der Waals surface area contributed by atoms with E-state index >= 15 is 0 Å². The smallest absolute Gasteiger partial charge is 0.246 e. The molecule has 0 saturated heterocycles.